The molecule has 8 heterocycles. The van der Waals surface area contributed by atoms with Crippen LogP contribution in [0.25, 0.3) is 0 Å². The van der Waals surface area contributed by atoms with Crippen molar-refractivity contribution in [2.24, 2.45) is 0 Å². The third-order valence-corrected chi connectivity index (χ3v) is 20.4. The van der Waals surface area contributed by atoms with Crippen LogP contribution in [0.4, 0.5) is 47.6 Å². The quantitative estimate of drug-likeness (QED) is 0.0372. The lowest BCUT2D eigenvalue weighted by Gasteiger charge is -2.49. The Kier molecular flexibility index (Phi) is 22.5. The smallest absolute Gasteiger partial charge is 0.231 e. The summed E-state index contributed by atoms with van der Waals surface area (Å²) in [4.78, 5) is 63.5. The van der Waals surface area contributed by atoms with Gasteiger partial charge in [0.15, 0.2) is 0 Å². The zero-order valence-electron chi connectivity index (χ0n) is 64.2. The highest BCUT2D eigenvalue weighted by Crippen LogP contribution is 2.39. The monoisotopic (exact) mass is 1310 g/mol. The van der Waals surface area contributed by atoms with E-state index in [0.29, 0.717) is 73.0 Å². The van der Waals surface area contributed by atoms with Crippen molar-refractivity contribution in [3.05, 3.63) is 5.82 Å². The van der Waals surface area contributed by atoms with Crippen molar-refractivity contribution >= 4 is 47.6 Å². The number of nitrogens with zero attached hydrogens (tertiary/aromatic N) is 16. The van der Waals surface area contributed by atoms with Gasteiger partial charge >= 0.3 is 0 Å². The number of anilines is 8. The first-order chi connectivity index (χ1) is 43.2. The fourth-order valence-corrected chi connectivity index (χ4v) is 18.0. The standard InChI is InChI=1S/C71H133N23/c1-28-33-93(34-29-31-72-54-76-57(89(24)50-40-64(7,8)84-65(9,10)41-50)80-58(77-54)90(25)51-42-66(11,12)85-67(13,14)43-51)36-37-94(61-75-48(2)74-56(82-61)88(23)49-38-62(3,4)83-63(5,6)39-49)35-30-32-73-55-78-59(91(26)52-44-68(15,16)86-69(17,18)45-52)81-60(79-55)92(27)53-46-70(19,20)87-71(21,22)47-53/h49-53,83-87H,28-47H2,1-27H3,(H,72,76,77,80)(H,73,78,79,81). The van der Waals surface area contributed by atoms with Crippen LogP contribution in [0.1, 0.15) is 235 Å². The van der Waals surface area contributed by atoms with E-state index in [1.807, 2.05) is 6.92 Å². The maximum absolute atomic E-state index is 5.37. The lowest BCUT2D eigenvalue weighted by molar-refractivity contribution is 0.159. The van der Waals surface area contributed by atoms with Crippen LogP contribution in [0, 0.1) is 6.92 Å². The van der Waals surface area contributed by atoms with Crippen molar-refractivity contribution in [3.63, 3.8) is 0 Å². The van der Waals surface area contributed by atoms with Gasteiger partial charge in [0.05, 0.1) is 0 Å². The van der Waals surface area contributed by atoms with Crippen LogP contribution in [-0.4, -0.2) is 216 Å². The summed E-state index contributed by atoms with van der Waals surface area (Å²) in [5, 5.41) is 26.8. The Labute approximate surface area is 569 Å². The first kappa shape index (κ1) is 75.0. The first-order valence-electron chi connectivity index (χ1n) is 36.0. The maximum atomic E-state index is 5.37. The molecular formula is C71H133N23. The molecule has 5 aliphatic rings. The summed E-state index contributed by atoms with van der Waals surface area (Å²) in [6.45, 7) is 55.9. The van der Waals surface area contributed by atoms with Crippen molar-refractivity contribution in [2.45, 2.75) is 321 Å². The minimum Gasteiger partial charge on any atom is -0.354 e. The van der Waals surface area contributed by atoms with Gasteiger partial charge in [0, 0.05) is 154 Å². The SMILES string of the molecule is CCCN(CCCNc1nc(N(C)C2CC(C)(C)NC(C)(C)C2)nc(N(C)C2CC(C)(C)NC(C)(C)C2)n1)CCN(CCCNc1nc(N(C)C2CC(C)(C)NC(C)(C)C2)nc(N(C)C2CC(C)(C)NC(C)(C)C2)n1)c1nc(C)nc(N(C)C2CC(C)(C)NC(C)(C)C2)n1. The molecule has 0 spiro atoms. The van der Waals surface area contributed by atoms with Crippen LogP contribution in [-0.2, 0) is 0 Å². The Hall–Kier alpha value is -4.81. The molecule has 532 valence electrons. The lowest BCUT2D eigenvalue weighted by atomic mass is 9.79. The molecule has 0 aromatic carbocycles. The van der Waals surface area contributed by atoms with Crippen molar-refractivity contribution in [2.75, 3.05) is 121 Å². The Morgan fingerprint density at radius 1 is 0.319 bits per heavy atom. The fourth-order valence-electron chi connectivity index (χ4n) is 18.0. The van der Waals surface area contributed by atoms with Gasteiger partial charge < -0.3 is 71.5 Å². The van der Waals surface area contributed by atoms with E-state index >= 15 is 0 Å². The summed E-state index contributed by atoms with van der Waals surface area (Å²) < 4.78 is 0. The number of aromatic nitrogens is 9. The molecule has 0 aliphatic carbocycles. The summed E-state index contributed by atoms with van der Waals surface area (Å²) >= 11 is 0. The van der Waals surface area contributed by atoms with E-state index in [1.54, 1.807) is 0 Å². The van der Waals surface area contributed by atoms with Gasteiger partial charge in [-0.3, -0.25) is 0 Å². The topological polar surface area (TPSA) is 223 Å². The van der Waals surface area contributed by atoms with Gasteiger partial charge in [-0.1, -0.05) is 6.92 Å². The van der Waals surface area contributed by atoms with E-state index in [4.69, 9.17) is 44.9 Å². The second kappa shape index (κ2) is 28.2. The number of hydrogen-bond acceptors (Lipinski definition) is 23. The Bertz CT molecular complexity index is 2780. The third kappa shape index (κ3) is 20.6. The van der Waals surface area contributed by atoms with E-state index in [0.717, 1.165) is 110 Å². The average molecular weight is 1310 g/mol. The molecule has 23 nitrogen and oxygen atoms in total. The predicted octanol–water partition coefficient (Wildman–Crippen LogP) is 9.80. The average Bonchev–Trinajstić information content (AvgIpc) is 0.799. The molecule has 5 saturated heterocycles. The van der Waals surface area contributed by atoms with Crippen molar-refractivity contribution in [1.29, 1.82) is 0 Å². The van der Waals surface area contributed by atoms with E-state index in [1.165, 1.54) is 0 Å². The predicted molar refractivity (Wildman–Crippen MR) is 393 cm³/mol. The van der Waals surface area contributed by atoms with E-state index in [-0.39, 0.29) is 85.6 Å². The number of hydrogen-bond donors (Lipinski definition) is 7. The number of piperidine rings is 5. The zero-order chi connectivity index (χ0) is 69.6. The van der Waals surface area contributed by atoms with Gasteiger partial charge in [0.2, 0.25) is 47.6 Å². The number of aryl methyl sites for hydroxylation is 1. The molecule has 5 fully saturated rings. The van der Waals surface area contributed by atoms with Crippen LogP contribution < -0.4 is 66.6 Å². The largest absolute Gasteiger partial charge is 0.354 e. The molecular weight excluding hydrogens is 1170 g/mol. The van der Waals surface area contributed by atoms with Gasteiger partial charge in [-0.05, 0) is 242 Å². The van der Waals surface area contributed by atoms with Gasteiger partial charge in [-0.2, -0.15) is 44.9 Å². The first-order valence-corrected chi connectivity index (χ1v) is 36.0. The molecule has 3 aromatic rings. The molecule has 0 amide bonds. The van der Waals surface area contributed by atoms with Gasteiger partial charge in [0.1, 0.15) is 5.82 Å². The molecule has 8 rings (SSSR count). The van der Waals surface area contributed by atoms with Gasteiger partial charge in [-0.15, -0.1) is 0 Å². The van der Waals surface area contributed by atoms with Crippen molar-refractivity contribution < 1.29 is 0 Å². The number of nitrogens with one attached hydrogen (secondary N) is 7. The Balaban J connectivity index is 1.02. The molecule has 94 heavy (non-hydrogen) atoms. The third-order valence-electron chi connectivity index (χ3n) is 20.4. The van der Waals surface area contributed by atoms with Crippen LogP contribution in [0.3, 0.4) is 0 Å². The van der Waals surface area contributed by atoms with Gasteiger partial charge in [0.25, 0.3) is 0 Å². The Morgan fingerprint density at radius 3 is 0.840 bits per heavy atom. The molecule has 0 radical (unpaired) electrons. The molecule has 3 aromatic heterocycles. The van der Waals surface area contributed by atoms with E-state index in [9.17, 15) is 0 Å². The normalized spacial score (nSPS) is 23.1. The zero-order valence-corrected chi connectivity index (χ0v) is 64.2. The molecule has 23 heteroatoms. The summed E-state index contributed by atoms with van der Waals surface area (Å²) in [6.07, 6.45) is 12.5. The van der Waals surface area contributed by atoms with Crippen molar-refractivity contribution in [1.82, 2.24) is 76.3 Å². The fraction of sp³-hybridized carbons (Fsp3) is 0.873. The maximum Gasteiger partial charge on any atom is 0.231 e. The number of rotatable bonds is 26. The summed E-state index contributed by atoms with van der Waals surface area (Å²) in [5.41, 5.74) is -0.371. The molecule has 0 bridgehead atoms. The lowest BCUT2D eigenvalue weighted by Crippen LogP contribution is -2.62. The Morgan fingerprint density at radius 2 is 0.564 bits per heavy atom. The summed E-state index contributed by atoms with van der Waals surface area (Å²) in [6, 6.07) is 1.24. The second-order valence-electron chi connectivity index (χ2n) is 36.2. The van der Waals surface area contributed by atoms with Crippen molar-refractivity contribution in [3.8, 4) is 0 Å². The minimum absolute atomic E-state index is 0.0305. The second-order valence-corrected chi connectivity index (χ2v) is 36.2. The highest BCUT2D eigenvalue weighted by Gasteiger charge is 2.45. The summed E-state index contributed by atoms with van der Waals surface area (Å²) in [5.74, 6) is 6.17. The molecule has 0 unspecified atom stereocenters. The minimum atomic E-state index is -0.0438. The highest BCUT2D eigenvalue weighted by atomic mass is 15.4. The van der Waals surface area contributed by atoms with Crippen LogP contribution >= 0.6 is 0 Å². The molecule has 0 saturated carbocycles. The molecule has 7 N–H and O–H groups in total. The molecule has 5 aliphatic heterocycles. The van der Waals surface area contributed by atoms with Gasteiger partial charge in [-0.25, -0.2) is 0 Å². The van der Waals surface area contributed by atoms with Crippen LogP contribution in [0.2, 0.25) is 0 Å². The highest BCUT2D eigenvalue weighted by molar-refractivity contribution is 5.48. The van der Waals surface area contributed by atoms with Crippen LogP contribution in [0.5, 0.6) is 0 Å². The van der Waals surface area contributed by atoms with Crippen LogP contribution in [0.15, 0.2) is 0 Å². The molecule has 0 atom stereocenters. The summed E-state index contributed by atoms with van der Waals surface area (Å²) in [7, 11) is 10.8. The van der Waals surface area contributed by atoms with E-state index in [2.05, 4.69) is 252 Å². The van der Waals surface area contributed by atoms with E-state index < -0.39 is 0 Å².